The van der Waals surface area contributed by atoms with Gasteiger partial charge < -0.3 is 4.90 Å². The van der Waals surface area contributed by atoms with Crippen LogP contribution in [-0.4, -0.2) is 17.0 Å². The molecule has 0 N–H and O–H groups in total. The number of aryl methyl sites for hydroxylation is 1. The number of anilines is 1. The third-order valence-electron chi connectivity index (χ3n) is 4.68. The Balaban J connectivity index is 2.03. The van der Waals surface area contributed by atoms with Gasteiger partial charge in [0.15, 0.2) is 0 Å². The van der Waals surface area contributed by atoms with Crippen molar-refractivity contribution in [2.75, 3.05) is 11.9 Å². The third-order valence-corrected chi connectivity index (χ3v) is 5.05. The molecule has 2 aromatic carbocycles. The molecule has 1 heterocycles. The van der Waals surface area contributed by atoms with Crippen molar-refractivity contribution in [1.82, 2.24) is 9.97 Å². The van der Waals surface area contributed by atoms with E-state index in [2.05, 4.69) is 9.97 Å². The highest BCUT2D eigenvalue weighted by atomic mass is 35.5. The van der Waals surface area contributed by atoms with Crippen LogP contribution in [0.5, 0.6) is 0 Å². The van der Waals surface area contributed by atoms with Crippen LogP contribution in [-0.2, 0) is 6.54 Å². The summed E-state index contributed by atoms with van der Waals surface area (Å²) >= 11 is 6.28. The molecule has 3 rings (SSSR count). The largest absolute Gasteiger partial charge is 0.340 e. The fourth-order valence-corrected chi connectivity index (χ4v) is 3.21. The number of benzene rings is 2. The molecule has 29 heavy (non-hydrogen) atoms. The number of rotatable bonds is 5. The highest BCUT2D eigenvalue weighted by Gasteiger charge is 2.27. The van der Waals surface area contributed by atoms with Crippen LogP contribution in [0.1, 0.15) is 33.9 Å². The van der Waals surface area contributed by atoms with Gasteiger partial charge in [-0.2, -0.15) is 5.26 Å². The lowest BCUT2D eigenvalue weighted by atomic mass is 9.93. The number of nitrogens with zero attached hydrogens (tertiary/aromatic N) is 4. The van der Waals surface area contributed by atoms with E-state index in [4.69, 9.17) is 11.6 Å². The minimum atomic E-state index is -1.25. The van der Waals surface area contributed by atoms with Gasteiger partial charge in [0.1, 0.15) is 22.7 Å². The highest BCUT2D eigenvalue weighted by Crippen LogP contribution is 2.32. The molecule has 0 radical (unpaired) electrons. The Kier molecular flexibility index (Phi) is 6.09. The first kappa shape index (κ1) is 20.7. The zero-order chi connectivity index (χ0) is 21.1. The van der Waals surface area contributed by atoms with Crippen molar-refractivity contribution in [3.8, 4) is 6.07 Å². The van der Waals surface area contributed by atoms with Gasteiger partial charge in [0.2, 0.25) is 5.95 Å². The number of aromatic nitrogens is 2. The third kappa shape index (κ3) is 4.36. The maximum atomic E-state index is 14.3. The molecular formula is C22H19ClF2N4. The standard InChI is InChI=1S/C22H19ClF2N4/c1-13-7-9-15(10-8-13)12-29(3)22-27-20(14(2)21(23)28-22)16(11-26)19-17(24)5-4-6-18(19)25/h4-10,16H,12H2,1-3H3. The van der Waals surface area contributed by atoms with E-state index in [9.17, 15) is 14.0 Å². The van der Waals surface area contributed by atoms with E-state index in [1.54, 1.807) is 18.9 Å². The van der Waals surface area contributed by atoms with Gasteiger partial charge in [0.05, 0.1) is 11.8 Å². The van der Waals surface area contributed by atoms with E-state index in [0.29, 0.717) is 12.1 Å². The summed E-state index contributed by atoms with van der Waals surface area (Å²) in [6.45, 7) is 4.14. The lowest BCUT2D eigenvalue weighted by Crippen LogP contribution is -2.21. The number of nitriles is 1. The first-order valence-electron chi connectivity index (χ1n) is 8.96. The summed E-state index contributed by atoms with van der Waals surface area (Å²) in [5.41, 5.74) is 2.43. The maximum absolute atomic E-state index is 14.3. The summed E-state index contributed by atoms with van der Waals surface area (Å²) in [5.74, 6) is -2.59. The molecule has 0 fully saturated rings. The van der Waals surface area contributed by atoms with E-state index in [1.165, 1.54) is 6.07 Å². The second kappa shape index (κ2) is 8.54. The quantitative estimate of drug-likeness (QED) is 0.532. The zero-order valence-corrected chi connectivity index (χ0v) is 17.0. The fraction of sp³-hybridized carbons (Fsp3) is 0.227. The molecule has 0 aliphatic rings. The van der Waals surface area contributed by atoms with Gasteiger partial charge >= 0.3 is 0 Å². The molecule has 1 aromatic heterocycles. The van der Waals surface area contributed by atoms with Crippen LogP contribution in [0.4, 0.5) is 14.7 Å². The van der Waals surface area contributed by atoms with E-state index >= 15 is 0 Å². The van der Waals surface area contributed by atoms with Crippen molar-refractivity contribution in [3.63, 3.8) is 0 Å². The molecule has 1 unspecified atom stereocenters. The summed E-state index contributed by atoms with van der Waals surface area (Å²) in [6.07, 6.45) is 0. The van der Waals surface area contributed by atoms with Crippen LogP contribution in [0.15, 0.2) is 42.5 Å². The average molecular weight is 413 g/mol. The first-order chi connectivity index (χ1) is 13.8. The van der Waals surface area contributed by atoms with Crippen LogP contribution in [0, 0.1) is 36.8 Å². The van der Waals surface area contributed by atoms with Crippen molar-refractivity contribution >= 4 is 17.5 Å². The second-order valence-electron chi connectivity index (χ2n) is 6.86. The van der Waals surface area contributed by atoms with E-state index in [-0.39, 0.29) is 22.4 Å². The summed E-state index contributed by atoms with van der Waals surface area (Å²) in [4.78, 5) is 10.5. The molecule has 0 saturated heterocycles. The molecule has 0 aliphatic heterocycles. The van der Waals surface area contributed by atoms with Crippen molar-refractivity contribution in [2.45, 2.75) is 26.3 Å². The summed E-state index contributed by atoms with van der Waals surface area (Å²) < 4.78 is 28.6. The van der Waals surface area contributed by atoms with Gasteiger partial charge in [0.25, 0.3) is 0 Å². The van der Waals surface area contributed by atoms with Gasteiger partial charge in [-0.1, -0.05) is 47.5 Å². The smallest absolute Gasteiger partial charge is 0.227 e. The van der Waals surface area contributed by atoms with Gasteiger partial charge in [0, 0.05) is 24.7 Å². The lowest BCUT2D eigenvalue weighted by Gasteiger charge is -2.21. The van der Waals surface area contributed by atoms with Crippen molar-refractivity contribution in [1.29, 1.82) is 5.26 Å². The molecule has 0 saturated carbocycles. The number of hydrogen-bond donors (Lipinski definition) is 0. The van der Waals surface area contributed by atoms with Gasteiger partial charge in [-0.3, -0.25) is 0 Å². The van der Waals surface area contributed by atoms with Crippen molar-refractivity contribution < 1.29 is 8.78 Å². The molecule has 0 amide bonds. The minimum absolute atomic E-state index is 0.137. The van der Waals surface area contributed by atoms with E-state index < -0.39 is 17.6 Å². The topological polar surface area (TPSA) is 52.8 Å². The Morgan fingerprint density at radius 2 is 1.69 bits per heavy atom. The van der Waals surface area contributed by atoms with E-state index in [1.807, 2.05) is 37.3 Å². The molecule has 3 aromatic rings. The Morgan fingerprint density at radius 3 is 2.28 bits per heavy atom. The summed E-state index contributed by atoms with van der Waals surface area (Å²) in [6, 6.07) is 13.4. The van der Waals surface area contributed by atoms with Crippen LogP contribution < -0.4 is 4.90 Å². The van der Waals surface area contributed by atoms with Crippen LogP contribution in [0.3, 0.4) is 0 Å². The molecule has 7 heteroatoms. The lowest BCUT2D eigenvalue weighted by molar-refractivity contribution is 0.553. The summed E-state index contributed by atoms with van der Waals surface area (Å²) in [5, 5.41) is 9.82. The molecule has 148 valence electrons. The first-order valence-corrected chi connectivity index (χ1v) is 9.33. The van der Waals surface area contributed by atoms with Crippen LogP contribution >= 0.6 is 11.6 Å². The fourth-order valence-electron chi connectivity index (χ4n) is 3.03. The Hall–Kier alpha value is -3.04. The van der Waals surface area contributed by atoms with Gasteiger partial charge in [-0.25, -0.2) is 18.7 Å². The number of halogens is 3. The number of hydrogen-bond acceptors (Lipinski definition) is 4. The Labute approximate surface area is 173 Å². The van der Waals surface area contributed by atoms with E-state index in [0.717, 1.165) is 23.3 Å². The molecular weight excluding hydrogens is 394 g/mol. The maximum Gasteiger partial charge on any atom is 0.227 e. The molecule has 0 spiro atoms. The Morgan fingerprint density at radius 1 is 1.07 bits per heavy atom. The zero-order valence-electron chi connectivity index (χ0n) is 16.2. The second-order valence-corrected chi connectivity index (χ2v) is 7.22. The predicted molar refractivity (Wildman–Crippen MR) is 109 cm³/mol. The van der Waals surface area contributed by atoms with Gasteiger partial charge in [-0.15, -0.1) is 0 Å². The molecule has 0 bridgehead atoms. The van der Waals surface area contributed by atoms with Crippen LogP contribution in [0.2, 0.25) is 5.15 Å². The average Bonchev–Trinajstić information content (AvgIpc) is 2.69. The Bertz CT molecular complexity index is 1060. The molecule has 0 aliphatic carbocycles. The molecule has 4 nitrogen and oxygen atoms in total. The van der Waals surface area contributed by atoms with Crippen molar-refractivity contribution in [2.24, 2.45) is 0 Å². The normalized spacial score (nSPS) is 11.8. The predicted octanol–water partition coefficient (Wildman–Crippen LogP) is 5.32. The SMILES string of the molecule is Cc1ccc(CN(C)c2nc(Cl)c(C)c(C(C#N)c3c(F)cccc3F)n2)cc1. The minimum Gasteiger partial charge on any atom is -0.340 e. The summed E-state index contributed by atoms with van der Waals surface area (Å²) in [7, 11) is 1.79. The monoisotopic (exact) mass is 412 g/mol. The van der Waals surface area contributed by atoms with Crippen LogP contribution in [0.25, 0.3) is 0 Å². The van der Waals surface area contributed by atoms with Crippen molar-refractivity contribution in [3.05, 3.63) is 87.2 Å². The van der Waals surface area contributed by atoms with Gasteiger partial charge in [-0.05, 0) is 31.5 Å². The molecule has 1 atom stereocenters. The highest BCUT2D eigenvalue weighted by molar-refractivity contribution is 6.30.